The van der Waals surface area contributed by atoms with Gasteiger partial charge >= 0.3 is 5.97 Å². The minimum absolute atomic E-state index is 0.0631. The van der Waals surface area contributed by atoms with E-state index in [9.17, 15) is 19.8 Å². The molecule has 348 valence electrons. The lowest BCUT2D eigenvalue weighted by atomic mass is 10.0. The van der Waals surface area contributed by atoms with Crippen LogP contribution in [-0.2, 0) is 14.3 Å². The van der Waals surface area contributed by atoms with E-state index in [-0.39, 0.29) is 24.9 Å². The first-order valence-electron chi connectivity index (χ1n) is 25.0. The van der Waals surface area contributed by atoms with Crippen LogP contribution < -0.4 is 5.32 Å². The van der Waals surface area contributed by atoms with Crippen molar-refractivity contribution in [2.45, 2.75) is 232 Å². The molecular weight excluding hydrogens is 755 g/mol. The predicted octanol–water partition coefficient (Wildman–Crippen LogP) is 14.9. The van der Waals surface area contributed by atoms with Crippen molar-refractivity contribution in [3.05, 3.63) is 97.2 Å². The number of ether oxygens (including phenoxy) is 1. The van der Waals surface area contributed by atoms with Gasteiger partial charge in [-0.15, -0.1) is 0 Å². The zero-order chi connectivity index (χ0) is 44.5. The quantitative estimate of drug-likeness (QED) is 0.0246. The highest BCUT2D eigenvalue weighted by molar-refractivity contribution is 5.78. The van der Waals surface area contributed by atoms with Gasteiger partial charge in [0.1, 0.15) is 6.10 Å². The Morgan fingerprint density at radius 3 is 1.43 bits per heavy atom. The van der Waals surface area contributed by atoms with E-state index in [1.54, 1.807) is 6.08 Å². The Hall–Kier alpha value is -3.22. The number of hydrogen-bond donors (Lipinski definition) is 3. The summed E-state index contributed by atoms with van der Waals surface area (Å²) in [5, 5.41) is 23.6. The van der Waals surface area contributed by atoms with Crippen LogP contribution in [0.2, 0.25) is 0 Å². The molecule has 1 amide bonds. The third kappa shape index (κ3) is 43.2. The summed E-state index contributed by atoms with van der Waals surface area (Å²) in [6, 6.07) is -0.752. The number of rotatable bonds is 43. The lowest BCUT2D eigenvalue weighted by Crippen LogP contribution is -2.46. The highest BCUT2D eigenvalue weighted by Gasteiger charge is 2.23. The summed E-state index contributed by atoms with van der Waals surface area (Å²) in [6.45, 7) is 6.29. The molecule has 3 N–H and O–H groups in total. The van der Waals surface area contributed by atoms with Crippen LogP contribution in [0.5, 0.6) is 0 Å². The van der Waals surface area contributed by atoms with E-state index in [0.29, 0.717) is 19.3 Å². The van der Waals surface area contributed by atoms with Crippen molar-refractivity contribution in [3.8, 4) is 0 Å². The van der Waals surface area contributed by atoms with Crippen molar-refractivity contribution in [2.75, 3.05) is 6.61 Å². The Balaban J connectivity index is 4.84. The Morgan fingerprint density at radius 1 is 0.525 bits per heavy atom. The summed E-state index contributed by atoms with van der Waals surface area (Å²) in [7, 11) is 0. The number of carbonyl (C=O) groups excluding carboxylic acids is 2. The Labute approximate surface area is 376 Å². The van der Waals surface area contributed by atoms with Crippen molar-refractivity contribution in [2.24, 2.45) is 0 Å². The molecule has 0 rings (SSSR count). The third-order valence-corrected chi connectivity index (χ3v) is 10.7. The molecule has 0 aliphatic carbocycles. The van der Waals surface area contributed by atoms with Crippen LogP contribution in [-0.4, -0.2) is 46.9 Å². The van der Waals surface area contributed by atoms with Crippen LogP contribution >= 0.6 is 0 Å². The number of carbonyl (C=O) groups is 2. The molecule has 3 unspecified atom stereocenters. The fraction of sp³-hybridized carbons (Fsp3) is 0.673. The first-order valence-corrected chi connectivity index (χ1v) is 25.0. The summed E-state index contributed by atoms with van der Waals surface area (Å²) in [5.74, 6) is -0.670. The van der Waals surface area contributed by atoms with Crippen molar-refractivity contribution < 1.29 is 24.5 Å². The summed E-state index contributed by atoms with van der Waals surface area (Å²) in [5.41, 5.74) is 0. The maximum atomic E-state index is 13.1. The van der Waals surface area contributed by atoms with E-state index in [4.69, 9.17) is 4.74 Å². The van der Waals surface area contributed by atoms with Gasteiger partial charge in [-0.2, -0.15) is 0 Å². The zero-order valence-corrected chi connectivity index (χ0v) is 39.5. The van der Waals surface area contributed by atoms with Gasteiger partial charge in [0.25, 0.3) is 0 Å². The van der Waals surface area contributed by atoms with Gasteiger partial charge in [0.2, 0.25) is 5.91 Å². The number of allylic oxidation sites excluding steroid dienone is 15. The van der Waals surface area contributed by atoms with Crippen LogP contribution in [0.25, 0.3) is 0 Å². The highest BCUT2D eigenvalue weighted by Crippen LogP contribution is 2.14. The monoisotopic (exact) mass is 848 g/mol. The first-order chi connectivity index (χ1) is 30.0. The largest absolute Gasteiger partial charge is 0.458 e. The molecule has 61 heavy (non-hydrogen) atoms. The molecule has 6 heteroatoms. The first kappa shape index (κ1) is 57.8. The lowest BCUT2D eigenvalue weighted by Gasteiger charge is -2.23. The highest BCUT2D eigenvalue weighted by atomic mass is 16.5. The molecule has 0 fully saturated rings. The Morgan fingerprint density at radius 2 is 0.951 bits per heavy atom. The standard InChI is InChI=1S/C55H93NO5/c1-4-7-10-13-16-19-21-23-25-27-28-30-32-35-37-40-43-46-51(49-54(59)56-52(50-57)53(58)47-44-41-38-34-18-15-12-9-6-3)61-55(60)48-45-42-39-36-33-31-29-26-24-22-20-17-14-11-8-5-2/h7,10,16,19,23,25-26,28-31,33,35,37,43,46,51-53,57-58H,4-6,8-9,11-15,17-18,20-22,24,27,32,34,36,38-42,44-45,47-50H2,1-3H3,(H,56,59)/b10-7-,19-16-,25-23-,29-26+,30-28-,33-31+,37-35-,46-43-. The lowest BCUT2D eigenvalue weighted by molar-refractivity contribution is -0.148. The Bertz CT molecular complexity index is 1220. The van der Waals surface area contributed by atoms with Gasteiger partial charge in [-0.25, -0.2) is 0 Å². The van der Waals surface area contributed by atoms with Gasteiger partial charge in [0, 0.05) is 6.42 Å². The zero-order valence-electron chi connectivity index (χ0n) is 39.5. The maximum absolute atomic E-state index is 13.1. The smallest absolute Gasteiger partial charge is 0.306 e. The molecule has 3 atom stereocenters. The van der Waals surface area contributed by atoms with Crippen LogP contribution in [0.4, 0.5) is 0 Å². The fourth-order valence-electron chi connectivity index (χ4n) is 6.89. The number of aliphatic hydroxyl groups is 2. The van der Waals surface area contributed by atoms with Crippen molar-refractivity contribution in [1.82, 2.24) is 5.32 Å². The van der Waals surface area contributed by atoms with Crippen LogP contribution in [0.1, 0.15) is 213 Å². The molecule has 0 spiro atoms. The third-order valence-electron chi connectivity index (χ3n) is 10.7. The van der Waals surface area contributed by atoms with Gasteiger partial charge in [0.05, 0.1) is 25.2 Å². The van der Waals surface area contributed by atoms with E-state index >= 15 is 0 Å². The van der Waals surface area contributed by atoms with Gasteiger partial charge < -0.3 is 20.3 Å². The molecule has 0 aliphatic rings. The van der Waals surface area contributed by atoms with E-state index < -0.39 is 18.2 Å². The van der Waals surface area contributed by atoms with E-state index in [1.807, 2.05) is 6.08 Å². The van der Waals surface area contributed by atoms with Gasteiger partial charge in [0.15, 0.2) is 0 Å². The van der Waals surface area contributed by atoms with Crippen molar-refractivity contribution >= 4 is 11.9 Å². The minimum Gasteiger partial charge on any atom is -0.458 e. The molecule has 0 saturated carbocycles. The number of hydrogen-bond acceptors (Lipinski definition) is 5. The molecule has 0 heterocycles. The van der Waals surface area contributed by atoms with Crippen molar-refractivity contribution in [1.29, 1.82) is 0 Å². The molecule has 0 aromatic rings. The average molecular weight is 848 g/mol. The topological polar surface area (TPSA) is 95.9 Å². The molecule has 0 radical (unpaired) electrons. The maximum Gasteiger partial charge on any atom is 0.306 e. The van der Waals surface area contributed by atoms with E-state index in [2.05, 4.69) is 111 Å². The summed E-state index contributed by atoms with van der Waals surface area (Å²) in [4.78, 5) is 26.0. The number of unbranched alkanes of at least 4 members (excludes halogenated alkanes) is 18. The summed E-state index contributed by atoms with van der Waals surface area (Å²) in [6.07, 6.45) is 63.6. The van der Waals surface area contributed by atoms with E-state index in [0.717, 1.165) is 83.5 Å². The second kappa shape index (κ2) is 47.8. The number of nitrogens with one attached hydrogen (secondary N) is 1. The molecular formula is C55H93NO5. The molecule has 0 aliphatic heterocycles. The molecule has 0 aromatic carbocycles. The molecule has 0 saturated heterocycles. The van der Waals surface area contributed by atoms with Crippen LogP contribution in [0.15, 0.2) is 97.2 Å². The average Bonchev–Trinajstić information content (AvgIpc) is 3.25. The normalized spacial score (nSPS) is 14.1. The van der Waals surface area contributed by atoms with Crippen LogP contribution in [0, 0.1) is 0 Å². The summed E-state index contributed by atoms with van der Waals surface area (Å²) < 4.78 is 5.80. The summed E-state index contributed by atoms with van der Waals surface area (Å²) >= 11 is 0. The minimum atomic E-state index is -0.828. The Kier molecular flexibility index (Phi) is 45.3. The van der Waals surface area contributed by atoms with Crippen molar-refractivity contribution in [3.63, 3.8) is 0 Å². The van der Waals surface area contributed by atoms with Crippen LogP contribution in [0.3, 0.4) is 0 Å². The second-order valence-corrected chi connectivity index (χ2v) is 16.5. The van der Waals surface area contributed by atoms with Gasteiger partial charge in [-0.05, 0) is 83.1 Å². The molecule has 0 aromatic heterocycles. The molecule has 0 bridgehead atoms. The van der Waals surface area contributed by atoms with E-state index in [1.165, 1.54) is 83.5 Å². The predicted molar refractivity (Wildman–Crippen MR) is 264 cm³/mol. The molecule has 6 nitrogen and oxygen atoms in total. The van der Waals surface area contributed by atoms with Gasteiger partial charge in [-0.3, -0.25) is 9.59 Å². The SMILES string of the molecule is CC/C=C\C/C=C\C/C=C\C/C=C\C/C=C\C/C=C\C(CC(=O)NC(CO)C(O)CCCCCCCCCCC)OC(=O)CCCCC/C=C/C=C/CCCCCCCCC. The fourth-order valence-corrected chi connectivity index (χ4v) is 6.89. The second-order valence-electron chi connectivity index (χ2n) is 16.5. The number of amides is 1. The van der Waals surface area contributed by atoms with Gasteiger partial charge in [-0.1, -0.05) is 215 Å². The number of esters is 1. The number of aliphatic hydroxyl groups excluding tert-OH is 2.